The van der Waals surface area contributed by atoms with E-state index in [0.29, 0.717) is 12.5 Å². The van der Waals surface area contributed by atoms with E-state index in [4.69, 9.17) is 11.1 Å². The molecule has 0 atom stereocenters. The van der Waals surface area contributed by atoms with Gasteiger partial charge in [-0.05, 0) is 27.7 Å². The minimum Gasteiger partial charge on any atom is -0.388 e. The van der Waals surface area contributed by atoms with Crippen molar-refractivity contribution in [2.75, 3.05) is 6.54 Å². The predicted octanol–water partition coefficient (Wildman–Crippen LogP) is 2.30. The first kappa shape index (κ1) is 14.1. The molecule has 0 aliphatic heterocycles. The van der Waals surface area contributed by atoms with Gasteiger partial charge in [-0.2, -0.15) is 0 Å². The van der Waals surface area contributed by atoms with Gasteiger partial charge in [-0.1, -0.05) is 0 Å². The molecule has 0 fully saturated rings. The maximum atomic E-state index is 7.28. The van der Waals surface area contributed by atoms with Gasteiger partial charge in [0.2, 0.25) is 0 Å². The lowest BCUT2D eigenvalue weighted by Gasteiger charge is -2.25. The third-order valence-corrected chi connectivity index (χ3v) is 3.87. The van der Waals surface area contributed by atoms with E-state index in [1.165, 1.54) is 4.88 Å². The quantitative estimate of drug-likeness (QED) is 0.604. The molecule has 1 aromatic heterocycles. The van der Waals surface area contributed by atoms with Crippen molar-refractivity contribution in [2.24, 2.45) is 5.73 Å². The van der Waals surface area contributed by atoms with E-state index in [1.807, 2.05) is 6.92 Å². The van der Waals surface area contributed by atoms with E-state index in [2.05, 4.69) is 30.7 Å². The third-order valence-electron chi connectivity index (χ3n) is 2.81. The van der Waals surface area contributed by atoms with E-state index in [-0.39, 0.29) is 5.84 Å². The molecule has 0 aliphatic rings. The van der Waals surface area contributed by atoms with Crippen LogP contribution in [0.5, 0.6) is 0 Å². The van der Waals surface area contributed by atoms with Gasteiger partial charge in [0.05, 0.1) is 18.1 Å². The number of nitrogens with one attached hydrogen (secondary N) is 1. The van der Waals surface area contributed by atoms with Crippen molar-refractivity contribution in [3.8, 4) is 0 Å². The van der Waals surface area contributed by atoms with E-state index >= 15 is 0 Å². The lowest BCUT2D eigenvalue weighted by Crippen LogP contribution is -2.33. The minimum absolute atomic E-state index is 0.252. The summed E-state index contributed by atoms with van der Waals surface area (Å²) in [5, 5.41) is 8.43. The molecule has 0 bridgehead atoms. The maximum absolute atomic E-state index is 7.28. The molecule has 17 heavy (non-hydrogen) atoms. The Morgan fingerprint density at radius 3 is 2.53 bits per heavy atom. The van der Waals surface area contributed by atoms with Crippen molar-refractivity contribution < 1.29 is 0 Å². The SMILES string of the molecule is Cc1nc(CN(CCC(=N)N)C(C)C)sc1C. The van der Waals surface area contributed by atoms with Crippen LogP contribution in [0.1, 0.15) is 35.8 Å². The van der Waals surface area contributed by atoms with E-state index in [9.17, 15) is 0 Å². The van der Waals surface area contributed by atoms with Crippen LogP contribution < -0.4 is 5.73 Å². The molecule has 0 saturated heterocycles. The number of thiazole rings is 1. The Hall–Kier alpha value is -0.940. The largest absolute Gasteiger partial charge is 0.388 e. The van der Waals surface area contributed by atoms with Crippen LogP contribution in [0.2, 0.25) is 0 Å². The highest BCUT2D eigenvalue weighted by molar-refractivity contribution is 7.11. The van der Waals surface area contributed by atoms with Gasteiger partial charge in [-0.25, -0.2) is 4.98 Å². The summed E-state index contributed by atoms with van der Waals surface area (Å²) in [6, 6.07) is 0.443. The van der Waals surface area contributed by atoms with E-state index in [1.54, 1.807) is 11.3 Å². The first-order chi connectivity index (χ1) is 7.90. The molecule has 0 radical (unpaired) electrons. The standard InChI is InChI=1S/C12H22N4S/c1-8(2)16(6-5-11(13)14)7-12-15-9(3)10(4)17-12/h8H,5-7H2,1-4H3,(H3,13,14). The summed E-state index contributed by atoms with van der Waals surface area (Å²) in [4.78, 5) is 8.14. The summed E-state index contributed by atoms with van der Waals surface area (Å²) in [5.74, 6) is 0.252. The number of nitrogens with two attached hydrogens (primary N) is 1. The van der Waals surface area contributed by atoms with E-state index in [0.717, 1.165) is 23.8 Å². The predicted molar refractivity (Wildman–Crippen MR) is 73.7 cm³/mol. The normalized spacial score (nSPS) is 11.4. The Kier molecular flexibility index (Phi) is 5.08. The molecule has 1 heterocycles. The fourth-order valence-electron chi connectivity index (χ4n) is 1.56. The van der Waals surface area contributed by atoms with Crippen LogP contribution in [-0.4, -0.2) is 28.3 Å². The van der Waals surface area contributed by atoms with Gasteiger partial charge in [0.25, 0.3) is 0 Å². The van der Waals surface area contributed by atoms with E-state index < -0.39 is 0 Å². The minimum atomic E-state index is 0.252. The highest BCUT2D eigenvalue weighted by Crippen LogP contribution is 2.19. The number of rotatable bonds is 6. The molecule has 3 N–H and O–H groups in total. The van der Waals surface area contributed by atoms with Crippen LogP contribution >= 0.6 is 11.3 Å². The second-order valence-electron chi connectivity index (χ2n) is 4.59. The Morgan fingerprint density at radius 2 is 2.12 bits per heavy atom. The molecule has 0 aliphatic carbocycles. The smallest absolute Gasteiger partial charge is 0.107 e. The monoisotopic (exact) mass is 254 g/mol. The summed E-state index contributed by atoms with van der Waals surface area (Å²) in [6.45, 7) is 10.1. The van der Waals surface area contributed by atoms with Crippen LogP contribution in [-0.2, 0) is 6.54 Å². The van der Waals surface area contributed by atoms with Crippen molar-refractivity contribution in [3.63, 3.8) is 0 Å². The lowest BCUT2D eigenvalue weighted by molar-refractivity contribution is 0.218. The summed E-state index contributed by atoms with van der Waals surface area (Å²) in [7, 11) is 0. The van der Waals surface area contributed by atoms with Gasteiger partial charge >= 0.3 is 0 Å². The Balaban J connectivity index is 2.63. The van der Waals surface area contributed by atoms with Crippen molar-refractivity contribution >= 4 is 17.2 Å². The molecule has 4 nitrogen and oxygen atoms in total. The molecule has 96 valence electrons. The van der Waals surface area contributed by atoms with Gasteiger partial charge in [0.1, 0.15) is 5.01 Å². The molecule has 0 amide bonds. The number of aryl methyl sites for hydroxylation is 2. The average Bonchev–Trinajstić information content (AvgIpc) is 2.52. The zero-order valence-corrected chi connectivity index (χ0v) is 11.9. The van der Waals surface area contributed by atoms with Gasteiger partial charge in [-0.15, -0.1) is 11.3 Å². The van der Waals surface area contributed by atoms with Crippen molar-refractivity contribution in [3.05, 3.63) is 15.6 Å². The van der Waals surface area contributed by atoms with Gasteiger partial charge in [0.15, 0.2) is 0 Å². The van der Waals surface area contributed by atoms with Crippen LogP contribution in [0.25, 0.3) is 0 Å². The highest BCUT2D eigenvalue weighted by atomic mass is 32.1. The number of aromatic nitrogens is 1. The van der Waals surface area contributed by atoms with Crippen LogP contribution in [0, 0.1) is 19.3 Å². The maximum Gasteiger partial charge on any atom is 0.107 e. The first-order valence-corrected chi connectivity index (χ1v) is 6.71. The Morgan fingerprint density at radius 1 is 1.47 bits per heavy atom. The van der Waals surface area contributed by atoms with Crippen LogP contribution in [0.15, 0.2) is 0 Å². The number of nitrogens with zero attached hydrogens (tertiary/aromatic N) is 2. The topological polar surface area (TPSA) is 66.0 Å². The molecule has 0 unspecified atom stereocenters. The molecule has 1 aromatic rings. The lowest BCUT2D eigenvalue weighted by atomic mass is 10.2. The molecule has 0 spiro atoms. The highest BCUT2D eigenvalue weighted by Gasteiger charge is 2.13. The second kappa shape index (κ2) is 6.12. The zero-order valence-electron chi connectivity index (χ0n) is 11.1. The van der Waals surface area contributed by atoms with Crippen LogP contribution in [0.3, 0.4) is 0 Å². The molecule has 0 saturated carbocycles. The second-order valence-corrected chi connectivity index (χ2v) is 5.88. The summed E-state index contributed by atoms with van der Waals surface area (Å²) in [6.07, 6.45) is 0.627. The van der Waals surface area contributed by atoms with Gasteiger partial charge in [0, 0.05) is 23.9 Å². The number of hydrogen-bond acceptors (Lipinski definition) is 4. The van der Waals surface area contributed by atoms with Crippen molar-refractivity contribution in [1.29, 1.82) is 5.41 Å². The Bertz CT molecular complexity index is 364. The molecule has 0 aromatic carbocycles. The fraction of sp³-hybridized carbons (Fsp3) is 0.667. The molecular weight excluding hydrogens is 232 g/mol. The third kappa shape index (κ3) is 4.44. The average molecular weight is 254 g/mol. The Labute approximate surface area is 107 Å². The van der Waals surface area contributed by atoms with Crippen molar-refractivity contribution in [2.45, 2.75) is 46.7 Å². The number of hydrogen-bond donors (Lipinski definition) is 2. The van der Waals surface area contributed by atoms with Gasteiger partial charge < -0.3 is 5.73 Å². The van der Waals surface area contributed by atoms with Gasteiger partial charge in [-0.3, -0.25) is 10.3 Å². The summed E-state index contributed by atoms with van der Waals surface area (Å²) in [5.41, 5.74) is 6.53. The summed E-state index contributed by atoms with van der Waals surface area (Å²) < 4.78 is 0. The van der Waals surface area contributed by atoms with Crippen molar-refractivity contribution in [1.82, 2.24) is 9.88 Å². The van der Waals surface area contributed by atoms with Crippen LogP contribution in [0.4, 0.5) is 0 Å². The zero-order chi connectivity index (χ0) is 13.0. The summed E-state index contributed by atoms with van der Waals surface area (Å²) >= 11 is 1.76. The molecular formula is C12H22N4S. The fourth-order valence-corrected chi connectivity index (χ4v) is 2.52. The molecule has 5 heteroatoms. The molecule has 1 rings (SSSR count). The number of amidine groups is 1. The first-order valence-electron chi connectivity index (χ1n) is 5.90.